The van der Waals surface area contributed by atoms with Gasteiger partial charge in [-0.25, -0.2) is 8.42 Å². The van der Waals surface area contributed by atoms with Crippen molar-refractivity contribution >= 4 is 21.8 Å². The molecule has 2 amide bonds. The van der Waals surface area contributed by atoms with Crippen molar-refractivity contribution < 1.29 is 22.7 Å². The zero-order valence-corrected chi connectivity index (χ0v) is 16.6. The molecule has 1 saturated heterocycles. The SMILES string of the molecule is O=C(NC[C@@H]1OCCCN1S(=O)(=O)c1ccccc1)C(=O)NC1CCCCC1. The summed E-state index contributed by atoms with van der Waals surface area (Å²) >= 11 is 0. The fraction of sp³-hybridized carbons (Fsp3) is 0.579. The van der Waals surface area contributed by atoms with E-state index in [0.29, 0.717) is 19.6 Å². The van der Waals surface area contributed by atoms with Crippen molar-refractivity contribution in [2.24, 2.45) is 0 Å². The van der Waals surface area contributed by atoms with Gasteiger partial charge < -0.3 is 15.4 Å². The monoisotopic (exact) mass is 409 g/mol. The summed E-state index contributed by atoms with van der Waals surface area (Å²) in [5, 5.41) is 5.26. The van der Waals surface area contributed by atoms with Gasteiger partial charge in [-0.2, -0.15) is 4.31 Å². The number of hydrogen-bond donors (Lipinski definition) is 2. The Bertz CT molecular complexity index is 778. The van der Waals surface area contributed by atoms with E-state index in [1.165, 1.54) is 16.4 Å². The first kappa shape index (κ1) is 20.8. The Kier molecular flexibility index (Phi) is 7.03. The van der Waals surface area contributed by atoms with Crippen LogP contribution in [0.15, 0.2) is 35.2 Å². The number of ether oxygens (including phenoxy) is 1. The van der Waals surface area contributed by atoms with Crippen LogP contribution in [0, 0.1) is 0 Å². The fourth-order valence-corrected chi connectivity index (χ4v) is 5.17. The van der Waals surface area contributed by atoms with Crippen molar-refractivity contribution in [3.8, 4) is 0 Å². The Morgan fingerprint density at radius 3 is 2.46 bits per heavy atom. The third-order valence-electron chi connectivity index (χ3n) is 5.09. The molecule has 0 radical (unpaired) electrons. The van der Waals surface area contributed by atoms with Gasteiger partial charge in [0, 0.05) is 12.6 Å². The fourth-order valence-electron chi connectivity index (χ4n) is 3.59. The summed E-state index contributed by atoms with van der Waals surface area (Å²) in [6.45, 7) is 0.616. The zero-order valence-electron chi connectivity index (χ0n) is 15.8. The first-order valence-electron chi connectivity index (χ1n) is 9.75. The lowest BCUT2D eigenvalue weighted by Gasteiger charge is -2.34. The van der Waals surface area contributed by atoms with E-state index in [4.69, 9.17) is 4.74 Å². The molecule has 8 nitrogen and oxygen atoms in total. The Labute approximate surface area is 165 Å². The van der Waals surface area contributed by atoms with Crippen LogP contribution >= 0.6 is 0 Å². The molecule has 1 aliphatic heterocycles. The van der Waals surface area contributed by atoms with Crippen molar-refractivity contribution in [1.29, 1.82) is 0 Å². The summed E-state index contributed by atoms with van der Waals surface area (Å²) < 4.78 is 32.6. The molecular weight excluding hydrogens is 382 g/mol. The Morgan fingerprint density at radius 2 is 1.75 bits per heavy atom. The van der Waals surface area contributed by atoms with Crippen LogP contribution in [0.2, 0.25) is 0 Å². The number of sulfonamides is 1. The van der Waals surface area contributed by atoms with Crippen molar-refractivity contribution in [3.05, 3.63) is 30.3 Å². The smallest absolute Gasteiger partial charge is 0.309 e. The van der Waals surface area contributed by atoms with Gasteiger partial charge in [0.05, 0.1) is 18.0 Å². The van der Waals surface area contributed by atoms with E-state index >= 15 is 0 Å². The number of benzene rings is 1. The van der Waals surface area contributed by atoms with Gasteiger partial charge >= 0.3 is 11.8 Å². The van der Waals surface area contributed by atoms with Crippen LogP contribution in [0.1, 0.15) is 38.5 Å². The third-order valence-corrected chi connectivity index (χ3v) is 6.99. The van der Waals surface area contributed by atoms with E-state index in [-0.39, 0.29) is 17.5 Å². The Hall–Kier alpha value is -1.97. The van der Waals surface area contributed by atoms with E-state index < -0.39 is 28.1 Å². The summed E-state index contributed by atoms with van der Waals surface area (Å²) in [5.74, 6) is -1.45. The molecule has 0 bridgehead atoms. The second-order valence-corrected chi connectivity index (χ2v) is 9.02. The number of hydrogen-bond acceptors (Lipinski definition) is 5. The molecule has 1 aromatic carbocycles. The number of carbonyl (C=O) groups excluding carboxylic acids is 2. The summed E-state index contributed by atoms with van der Waals surface area (Å²) in [6.07, 6.45) is 4.75. The molecule has 1 aromatic rings. The molecule has 154 valence electrons. The van der Waals surface area contributed by atoms with Crippen LogP contribution < -0.4 is 10.6 Å². The third kappa shape index (κ3) is 5.09. The van der Waals surface area contributed by atoms with Gasteiger partial charge in [-0.3, -0.25) is 9.59 Å². The molecule has 1 heterocycles. The molecule has 0 aromatic heterocycles. The van der Waals surface area contributed by atoms with Crippen molar-refractivity contribution in [3.63, 3.8) is 0 Å². The molecule has 2 aliphatic rings. The van der Waals surface area contributed by atoms with E-state index in [0.717, 1.165) is 32.1 Å². The summed E-state index contributed by atoms with van der Waals surface area (Å²) in [7, 11) is -3.75. The topological polar surface area (TPSA) is 105 Å². The second-order valence-electron chi connectivity index (χ2n) is 7.13. The van der Waals surface area contributed by atoms with Gasteiger partial charge in [-0.1, -0.05) is 37.5 Å². The van der Waals surface area contributed by atoms with Crippen molar-refractivity contribution in [1.82, 2.24) is 14.9 Å². The molecule has 1 atom stereocenters. The second kappa shape index (κ2) is 9.49. The first-order valence-corrected chi connectivity index (χ1v) is 11.2. The quantitative estimate of drug-likeness (QED) is 0.706. The van der Waals surface area contributed by atoms with E-state index in [9.17, 15) is 18.0 Å². The molecule has 3 rings (SSSR count). The van der Waals surface area contributed by atoms with Crippen molar-refractivity contribution in [2.75, 3.05) is 19.7 Å². The van der Waals surface area contributed by atoms with Gasteiger partial charge in [0.15, 0.2) is 0 Å². The van der Waals surface area contributed by atoms with Crippen LogP contribution in [-0.4, -0.2) is 56.5 Å². The average Bonchev–Trinajstić information content (AvgIpc) is 2.73. The number of rotatable bonds is 5. The zero-order chi connectivity index (χ0) is 20.0. The minimum atomic E-state index is -3.75. The minimum absolute atomic E-state index is 0.0351. The lowest BCUT2D eigenvalue weighted by Crippen LogP contribution is -2.53. The number of nitrogens with zero attached hydrogens (tertiary/aromatic N) is 1. The highest BCUT2D eigenvalue weighted by molar-refractivity contribution is 7.89. The predicted molar refractivity (Wildman–Crippen MR) is 103 cm³/mol. The molecule has 0 spiro atoms. The summed E-state index contributed by atoms with van der Waals surface area (Å²) in [6, 6.07) is 8.14. The highest BCUT2D eigenvalue weighted by Crippen LogP contribution is 2.21. The summed E-state index contributed by atoms with van der Waals surface area (Å²) in [5.41, 5.74) is 0. The van der Waals surface area contributed by atoms with Gasteiger partial charge in [-0.05, 0) is 31.4 Å². The molecule has 2 N–H and O–H groups in total. The maximum absolute atomic E-state index is 12.9. The van der Waals surface area contributed by atoms with Crippen LogP contribution in [0.25, 0.3) is 0 Å². The number of carbonyl (C=O) groups is 2. The van der Waals surface area contributed by atoms with E-state index in [1.54, 1.807) is 18.2 Å². The normalized spacial score (nSPS) is 21.8. The molecule has 1 saturated carbocycles. The standard InChI is InChI=1S/C19H27N3O5S/c23-18(19(24)21-15-8-3-1-4-9-15)20-14-17-22(12-7-13-27-17)28(25,26)16-10-5-2-6-11-16/h2,5-6,10-11,15,17H,1,3-4,7-9,12-14H2,(H,20,23)(H,21,24)/t17-/m0/s1. The van der Waals surface area contributed by atoms with Crippen LogP contribution in [-0.2, 0) is 24.3 Å². The molecule has 2 fully saturated rings. The van der Waals surface area contributed by atoms with Gasteiger partial charge in [-0.15, -0.1) is 0 Å². The van der Waals surface area contributed by atoms with Gasteiger partial charge in [0.1, 0.15) is 6.23 Å². The average molecular weight is 410 g/mol. The highest BCUT2D eigenvalue weighted by atomic mass is 32.2. The Morgan fingerprint density at radius 1 is 1.04 bits per heavy atom. The van der Waals surface area contributed by atoms with E-state index in [1.807, 2.05) is 0 Å². The molecule has 0 unspecified atom stereocenters. The van der Waals surface area contributed by atoms with Crippen LogP contribution in [0.4, 0.5) is 0 Å². The minimum Gasteiger partial charge on any atom is -0.360 e. The molecular formula is C19H27N3O5S. The first-order chi connectivity index (χ1) is 13.5. The highest BCUT2D eigenvalue weighted by Gasteiger charge is 2.35. The van der Waals surface area contributed by atoms with Gasteiger partial charge in [0.2, 0.25) is 10.0 Å². The lowest BCUT2D eigenvalue weighted by molar-refractivity contribution is -0.140. The summed E-state index contributed by atoms with van der Waals surface area (Å²) in [4.78, 5) is 24.4. The lowest BCUT2D eigenvalue weighted by atomic mass is 9.95. The molecule has 9 heteroatoms. The predicted octanol–water partition coefficient (Wildman–Crippen LogP) is 0.989. The molecule has 28 heavy (non-hydrogen) atoms. The molecule has 1 aliphatic carbocycles. The maximum Gasteiger partial charge on any atom is 0.309 e. The number of amides is 2. The van der Waals surface area contributed by atoms with Crippen LogP contribution in [0.5, 0.6) is 0 Å². The number of nitrogens with one attached hydrogen (secondary N) is 2. The van der Waals surface area contributed by atoms with E-state index in [2.05, 4.69) is 10.6 Å². The van der Waals surface area contributed by atoms with Gasteiger partial charge in [0.25, 0.3) is 0 Å². The van der Waals surface area contributed by atoms with Crippen LogP contribution in [0.3, 0.4) is 0 Å². The van der Waals surface area contributed by atoms with Crippen molar-refractivity contribution in [2.45, 2.75) is 55.7 Å². The largest absolute Gasteiger partial charge is 0.360 e. The Balaban J connectivity index is 1.58. The maximum atomic E-state index is 12.9.